The maximum atomic E-state index is 13.4. The topological polar surface area (TPSA) is 82.4 Å². The van der Waals surface area contributed by atoms with E-state index in [1.165, 1.54) is 11.8 Å². The summed E-state index contributed by atoms with van der Waals surface area (Å²) in [4.78, 5) is 33.1. The van der Waals surface area contributed by atoms with Gasteiger partial charge in [-0.15, -0.1) is 0 Å². The molecule has 0 fully saturated rings. The summed E-state index contributed by atoms with van der Waals surface area (Å²) in [6.07, 6.45) is -0.134. The van der Waals surface area contributed by atoms with Crippen LogP contribution in [0.2, 0.25) is 0 Å². The number of allylic oxidation sites excluding steroid dienone is 1. The molecule has 2 aliphatic heterocycles. The number of benzene rings is 1. The Morgan fingerprint density at radius 2 is 1.90 bits per heavy atom. The highest BCUT2D eigenvalue weighted by molar-refractivity contribution is 8.16. The summed E-state index contributed by atoms with van der Waals surface area (Å²) < 4.78 is 5.27. The van der Waals surface area contributed by atoms with Crippen molar-refractivity contribution in [2.75, 3.05) is 20.2 Å². The molecular weight excluding hydrogens is 390 g/mol. The van der Waals surface area contributed by atoms with E-state index in [0.717, 1.165) is 5.56 Å². The van der Waals surface area contributed by atoms with Crippen molar-refractivity contribution in [3.8, 4) is 5.75 Å². The molecule has 7 nitrogen and oxygen atoms in total. The molecule has 1 aromatic rings. The number of hydrogen-bond donors (Lipinski definition) is 1. The maximum Gasteiger partial charge on any atom is 0.309 e. The fourth-order valence-corrected chi connectivity index (χ4v) is 4.55. The lowest BCUT2D eigenvalue weighted by Crippen LogP contribution is -2.41. The number of carbonyl (C=O) groups excluding carboxylic acids is 1. The molecule has 0 aromatic heterocycles. The van der Waals surface area contributed by atoms with Gasteiger partial charge in [-0.05, 0) is 43.9 Å². The van der Waals surface area contributed by atoms with Crippen LogP contribution in [0.15, 0.2) is 51.6 Å². The summed E-state index contributed by atoms with van der Waals surface area (Å²) >= 11 is 1.39. The van der Waals surface area contributed by atoms with Gasteiger partial charge in [0.15, 0.2) is 5.17 Å². The van der Waals surface area contributed by atoms with Gasteiger partial charge in [-0.2, -0.15) is 0 Å². The predicted octanol–water partition coefficient (Wildman–Crippen LogP) is 3.61. The summed E-state index contributed by atoms with van der Waals surface area (Å²) in [5.41, 5.74) is 2.74. The Kier molecular flexibility index (Phi) is 6.32. The van der Waals surface area contributed by atoms with Crippen LogP contribution in [0.1, 0.15) is 38.8 Å². The summed E-state index contributed by atoms with van der Waals surface area (Å²) in [5.74, 6) is -0.287. The zero-order chi connectivity index (χ0) is 21.1. The number of carboxylic acid groups (broad SMARTS) is 1. The number of ether oxygens (including phenoxy) is 1. The number of amidine groups is 1. The molecule has 29 heavy (non-hydrogen) atoms. The zero-order valence-corrected chi connectivity index (χ0v) is 17.8. The monoisotopic (exact) mass is 415 g/mol. The van der Waals surface area contributed by atoms with Crippen LogP contribution in [0.3, 0.4) is 0 Å². The van der Waals surface area contributed by atoms with Crippen molar-refractivity contribution in [2.45, 2.75) is 33.2 Å². The number of hydrogen-bond acceptors (Lipinski definition) is 6. The fraction of sp³-hybridized carbons (Fsp3) is 0.381. The predicted molar refractivity (Wildman–Crippen MR) is 114 cm³/mol. The van der Waals surface area contributed by atoms with E-state index in [4.69, 9.17) is 4.74 Å². The first-order valence-corrected chi connectivity index (χ1v) is 10.4. The summed E-state index contributed by atoms with van der Waals surface area (Å²) in [6, 6.07) is 7.08. The standard InChI is InChI=1S/C21H25N3O4S/c1-5-23(6-2)20(27)18-13(3)22-21-24(15(12-29-21)11-17(25)26)19(18)14-7-9-16(28-4)10-8-14/h7-10,12,19H,5-6,11H2,1-4H3,(H,25,26). The van der Waals surface area contributed by atoms with E-state index in [0.29, 0.717) is 41.0 Å². The first-order chi connectivity index (χ1) is 13.9. The van der Waals surface area contributed by atoms with E-state index in [9.17, 15) is 14.7 Å². The molecule has 0 saturated heterocycles. The first kappa shape index (κ1) is 21.0. The Morgan fingerprint density at radius 3 is 2.45 bits per heavy atom. The molecule has 1 unspecified atom stereocenters. The van der Waals surface area contributed by atoms with Crippen molar-refractivity contribution in [2.24, 2.45) is 4.99 Å². The van der Waals surface area contributed by atoms with Crippen LogP contribution in [-0.4, -0.2) is 52.1 Å². The molecule has 0 bridgehead atoms. The largest absolute Gasteiger partial charge is 0.497 e. The molecule has 0 radical (unpaired) electrons. The van der Waals surface area contributed by atoms with Gasteiger partial charge in [0, 0.05) is 18.8 Å². The molecule has 0 saturated carbocycles. The number of carbonyl (C=O) groups is 2. The highest BCUT2D eigenvalue weighted by Crippen LogP contribution is 2.45. The van der Waals surface area contributed by atoms with Crippen LogP contribution in [0.5, 0.6) is 5.75 Å². The van der Waals surface area contributed by atoms with Crippen LogP contribution in [0.4, 0.5) is 0 Å². The highest BCUT2D eigenvalue weighted by Gasteiger charge is 2.41. The molecule has 8 heteroatoms. The molecule has 1 amide bonds. The average Bonchev–Trinajstić information content (AvgIpc) is 3.09. The minimum Gasteiger partial charge on any atom is -0.497 e. The summed E-state index contributed by atoms with van der Waals surface area (Å²) in [7, 11) is 1.60. The third-order valence-corrected chi connectivity index (χ3v) is 5.93. The third kappa shape index (κ3) is 4.03. The number of thioether (sulfide) groups is 1. The van der Waals surface area contributed by atoms with Gasteiger partial charge in [-0.25, -0.2) is 4.99 Å². The van der Waals surface area contributed by atoms with Gasteiger partial charge < -0.3 is 19.6 Å². The zero-order valence-electron chi connectivity index (χ0n) is 17.0. The van der Waals surface area contributed by atoms with Crippen LogP contribution < -0.4 is 4.74 Å². The minimum atomic E-state index is -0.922. The van der Waals surface area contributed by atoms with Gasteiger partial charge in [0.25, 0.3) is 5.91 Å². The Bertz CT molecular complexity index is 901. The van der Waals surface area contributed by atoms with Gasteiger partial charge in [-0.3, -0.25) is 9.59 Å². The van der Waals surface area contributed by atoms with E-state index >= 15 is 0 Å². The smallest absolute Gasteiger partial charge is 0.309 e. The van der Waals surface area contributed by atoms with Crippen molar-refractivity contribution in [3.05, 3.63) is 52.2 Å². The SMILES string of the molecule is CCN(CC)C(=O)C1=C(C)N=C2SC=C(CC(=O)O)N2C1c1ccc(OC)cc1. The quantitative estimate of drug-likeness (QED) is 0.733. The van der Waals surface area contributed by atoms with Crippen LogP contribution >= 0.6 is 11.8 Å². The first-order valence-electron chi connectivity index (χ1n) is 9.50. The Labute approximate surface area is 174 Å². The van der Waals surface area contributed by atoms with Gasteiger partial charge >= 0.3 is 5.97 Å². The lowest BCUT2D eigenvalue weighted by atomic mass is 9.92. The molecule has 0 spiro atoms. The van der Waals surface area contributed by atoms with Crippen molar-refractivity contribution in [1.29, 1.82) is 0 Å². The van der Waals surface area contributed by atoms with Gasteiger partial charge in [0.1, 0.15) is 5.75 Å². The number of likely N-dealkylation sites (N-methyl/N-ethyl adjacent to an activating group) is 1. The van der Waals surface area contributed by atoms with E-state index in [1.54, 1.807) is 12.0 Å². The van der Waals surface area contributed by atoms with Crippen LogP contribution in [-0.2, 0) is 9.59 Å². The van der Waals surface area contributed by atoms with Crippen LogP contribution in [0.25, 0.3) is 0 Å². The van der Waals surface area contributed by atoms with Gasteiger partial charge in [0.05, 0.1) is 30.8 Å². The van der Waals surface area contributed by atoms with E-state index in [1.807, 2.05) is 55.3 Å². The van der Waals surface area contributed by atoms with Gasteiger partial charge in [-0.1, -0.05) is 23.9 Å². The fourth-order valence-electron chi connectivity index (χ4n) is 3.58. The molecular formula is C21H25N3O4S. The second-order valence-corrected chi connectivity index (χ2v) is 7.55. The Morgan fingerprint density at radius 1 is 1.24 bits per heavy atom. The molecule has 1 atom stereocenters. The molecule has 1 aromatic carbocycles. The molecule has 0 aliphatic carbocycles. The average molecular weight is 416 g/mol. The maximum absolute atomic E-state index is 13.4. The van der Waals surface area contributed by atoms with Crippen molar-refractivity contribution in [1.82, 2.24) is 9.80 Å². The minimum absolute atomic E-state index is 0.0808. The Balaban J connectivity index is 2.13. The number of fused-ring (bicyclic) bond motifs is 1. The highest BCUT2D eigenvalue weighted by atomic mass is 32.2. The van der Waals surface area contributed by atoms with Crippen molar-refractivity contribution < 1.29 is 19.4 Å². The lowest BCUT2D eigenvalue weighted by Gasteiger charge is -2.38. The van der Waals surface area contributed by atoms with E-state index in [-0.39, 0.29) is 12.3 Å². The molecule has 3 rings (SSSR count). The number of nitrogens with zero attached hydrogens (tertiary/aromatic N) is 3. The van der Waals surface area contributed by atoms with Crippen molar-refractivity contribution >= 4 is 28.8 Å². The number of aliphatic carboxylic acids is 1. The molecule has 154 valence electrons. The third-order valence-electron chi connectivity index (χ3n) is 5.05. The van der Waals surface area contributed by atoms with Crippen LogP contribution in [0, 0.1) is 0 Å². The number of amides is 1. The molecule has 2 aliphatic rings. The second-order valence-electron chi connectivity index (χ2n) is 6.71. The van der Waals surface area contributed by atoms with E-state index in [2.05, 4.69) is 4.99 Å². The lowest BCUT2D eigenvalue weighted by molar-refractivity contribution is -0.136. The molecule has 1 N–H and O–H groups in total. The second kappa shape index (κ2) is 8.73. The number of methoxy groups -OCH3 is 1. The number of aliphatic imine (C=N–C) groups is 1. The number of rotatable bonds is 7. The summed E-state index contributed by atoms with van der Waals surface area (Å²) in [5, 5.41) is 11.9. The number of carboxylic acids is 1. The van der Waals surface area contributed by atoms with Gasteiger partial charge in [0.2, 0.25) is 0 Å². The summed E-state index contributed by atoms with van der Waals surface area (Å²) in [6.45, 7) is 6.90. The Hall–Kier alpha value is -2.74. The normalized spacial score (nSPS) is 18.2. The van der Waals surface area contributed by atoms with E-state index < -0.39 is 12.0 Å². The molecule has 2 heterocycles. The van der Waals surface area contributed by atoms with Crippen molar-refractivity contribution in [3.63, 3.8) is 0 Å².